The molecule has 0 atom stereocenters. The normalized spacial score (nSPS) is 20.8. The third kappa shape index (κ3) is 4.52. The quantitative estimate of drug-likeness (QED) is 0.434. The van der Waals surface area contributed by atoms with E-state index in [2.05, 4.69) is 4.99 Å². The van der Waals surface area contributed by atoms with Crippen LogP contribution < -0.4 is 5.73 Å². The molecule has 0 saturated carbocycles. The maximum absolute atomic E-state index is 5.76. The lowest BCUT2D eigenvalue weighted by Crippen LogP contribution is -2.35. The van der Waals surface area contributed by atoms with Crippen LogP contribution in [0.3, 0.4) is 0 Å². The van der Waals surface area contributed by atoms with Crippen LogP contribution in [-0.2, 0) is 4.74 Å². The van der Waals surface area contributed by atoms with Crippen LogP contribution in [0.2, 0.25) is 0 Å². The molecule has 0 unspecified atom stereocenters. The number of ether oxygens (including phenoxy) is 1. The first-order valence-corrected chi connectivity index (χ1v) is 6.10. The summed E-state index contributed by atoms with van der Waals surface area (Å²) in [5.74, 6) is 0.478. The topological polar surface area (TPSA) is 50.8 Å². The van der Waals surface area contributed by atoms with Gasteiger partial charge in [0.2, 0.25) is 0 Å². The van der Waals surface area contributed by atoms with E-state index in [1.54, 1.807) is 13.3 Å². The van der Waals surface area contributed by atoms with Crippen LogP contribution in [0.15, 0.2) is 16.8 Å². The van der Waals surface area contributed by atoms with Gasteiger partial charge < -0.3 is 15.3 Å². The molecular formula is C12H22BN3O. The minimum atomic E-state index is 0.478. The Morgan fingerprint density at radius 2 is 2.18 bits per heavy atom. The number of allylic oxidation sites excluding steroid dienone is 1. The predicted octanol–water partition coefficient (Wildman–Crippen LogP) is 0.732. The molecule has 0 spiro atoms. The summed E-state index contributed by atoms with van der Waals surface area (Å²) in [7, 11) is 7.45. The van der Waals surface area contributed by atoms with Crippen LogP contribution in [0.1, 0.15) is 19.8 Å². The summed E-state index contributed by atoms with van der Waals surface area (Å²) in [5.41, 5.74) is 7.79. The van der Waals surface area contributed by atoms with Gasteiger partial charge in [-0.25, -0.2) is 0 Å². The zero-order valence-electron chi connectivity index (χ0n) is 10.9. The van der Waals surface area contributed by atoms with Gasteiger partial charge >= 0.3 is 0 Å². The van der Waals surface area contributed by atoms with Crippen LogP contribution in [0.25, 0.3) is 0 Å². The largest absolute Gasteiger partial charge is 0.404 e. The molecule has 0 amide bonds. The highest BCUT2D eigenvalue weighted by atomic mass is 16.5. The number of nitrogens with two attached hydrogens (primary N) is 1. The average molecular weight is 235 g/mol. The van der Waals surface area contributed by atoms with E-state index in [0.29, 0.717) is 19.1 Å². The van der Waals surface area contributed by atoms with Crippen molar-refractivity contribution in [2.75, 3.05) is 33.4 Å². The number of piperidine rings is 1. The molecule has 94 valence electrons. The molecular weight excluding hydrogens is 213 g/mol. The monoisotopic (exact) mass is 235 g/mol. The average Bonchev–Trinajstić information content (AvgIpc) is 2.35. The van der Waals surface area contributed by atoms with Gasteiger partial charge in [0.1, 0.15) is 0 Å². The summed E-state index contributed by atoms with van der Waals surface area (Å²) in [6.07, 6.45) is 3.74. The minimum absolute atomic E-state index is 0.478. The molecule has 0 aromatic carbocycles. The lowest BCUT2D eigenvalue weighted by Gasteiger charge is -2.30. The van der Waals surface area contributed by atoms with E-state index < -0.39 is 0 Å². The van der Waals surface area contributed by atoms with Crippen molar-refractivity contribution < 1.29 is 4.74 Å². The highest BCUT2D eigenvalue weighted by molar-refractivity contribution is 6.05. The molecule has 0 aromatic heterocycles. The molecule has 0 bridgehead atoms. The van der Waals surface area contributed by atoms with E-state index in [0.717, 1.165) is 37.2 Å². The SMILES string of the molecule is [B]N1CCC(C(=NCCOC)C(C)=CN)CC1. The van der Waals surface area contributed by atoms with E-state index in [1.165, 1.54) is 0 Å². The fraction of sp³-hybridized carbons (Fsp3) is 0.750. The molecule has 17 heavy (non-hydrogen) atoms. The lowest BCUT2D eigenvalue weighted by atomic mass is 9.87. The Labute approximate surface area is 105 Å². The highest BCUT2D eigenvalue weighted by Gasteiger charge is 2.21. The fourth-order valence-corrected chi connectivity index (χ4v) is 2.09. The van der Waals surface area contributed by atoms with E-state index in [-0.39, 0.29) is 0 Å². The van der Waals surface area contributed by atoms with Crippen molar-refractivity contribution in [2.45, 2.75) is 19.8 Å². The van der Waals surface area contributed by atoms with Gasteiger partial charge in [0.25, 0.3) is 0 Å². The van der Waals surface area contributed by atoms with Crippen LogP contribution in [0.4, 0.5) is 0 Å². The highest BCUT2D eigenvalue weighted by Crippen LogP contribution is 2.21. The second-order valence-electron chi connectivity index (χ2n) is 4.42. The third-order valence-corrected chi connectivity index (χ3v) is 3.15. The zero-order valence-corrected chi connectivity index (χ0v) is 10.9. The Morgan fingerprint density at radius 1 is 1.53 bits per heavy atom. The molecule has 1 heterocycles. The molecule has 1 saturated heterocycles. The molecule has 1 fully saturated rings. The number of hydrogen-bond acceptors (Lipinski definition) is 4. The van der Waals surface area contributed by atoms with E-state index in [4.69, 9.17) is 18.5 Å². The second-order valence-corrected chi connectivity index (χ2v) is 4.42. The summed E-state index contributed by atoms with van der Waals surface area (Å²) in [4.78, 5) is 6.48. The second kappa shape index (κ2) is 7.51. The van der Waals surface area contributed by atoms with Crippen LogP contribution in [-0.4, -0.2) is 51.9 Å². The van der Waals surface area contributed by atoms with Crippen molar-refractivity contribution in [1.82, 2.24) is 4.81 Å². The molecule has 4 nitrogen and oxygen atoms in total. The molecule has 5 heteroatoms. The Balaban J connectivity index is 2.66. The summed E-state index contributed by atoms with van der Waals surface area (Å²) >= 11 is 0. The Morgan fingerprint density at radius 3 is 2.71 bits per heavy atom. The number of rotatable bonds is 5. The first kappa shape index (κ1) is 14.3. The van der Waals surface area contributed by atoms with Crippen molar-refractivity contribution in [3.8, 4) is 0 Å². The smallest absolute Gasteiger partial charge is 0.182 e. The van der Waals surface area contributed by atoms with Crippen molar-refractivity contribution >= 4 is 13.7 Å². The number of methoxy groups -OCH3 is 1. The van der Waals surface area contributed by atoms with Gasteiger partial charge in [-0.3, -0.25) is 4.99 Å². The van der Waals surface area contributed by atoms with Gasteiger partial charge in [0.15, 0.2) is 7.98 Å². The minimum Gasteiger partial charge on any atom is -0.404 e. The molecule has 2 N–H and O–H groups in total. The van der Waals surface area contributed by atoms with Crippen molar-refractivity contribution in [1.29, 1.82) is 0 Å². The summed E-state index contributed by atoms with van der Waals surface area (Å²) in [5, 5.41) is 0. The molecule has 1 aliphatic heterocycles. The van der Waals surface area contributed by atoms with E-state index >= 15 is 0 Å². The summed E-state index contributed by atoms with van der Waals surface area (Å²) in [6, 6.07) is 0. The number of aliphatic imine (C=N–C) groups is 1. The van der Waals surface area contributed by atoms with Crippen LogP contribution in [0.5, 0.6) is 0 Å². The molecule has 0 aliphatic carbocycles. The lowest BCUT2D eigenvalue weighted by molar-refractivity contribution is 0.207. The van der Waals surface area contributed by atoms with Crippen molar-refractivity contribution in [3.05, 3.63) is 11.8 Å². The predicted molar refractivity (Wildman–Crippen MR) is 72.2 cm³/mol. The first-order valence-electron chi connectivity index (χ1n) is 6.10. The number of nitrogens with zero attached hydrogens (tertiary/aromatic N) is 2. The van der Waals surface area contributed by atoms with Gasteiger partial charge in [0.05, 0.1) is 13.2 Å². The zero-order chi connectivity index (χ0) is 12.7. The molecule has 2 radical (unpaired) electrons. The maximum atomic E-state index is 5.76. The number of hydrogen-bond donors (Lipinski definition) is 1. The van der Waals surface area contributed by atoms with Crippen molar-refractivity contribution in [3.63, 3.8) is 0 Å². The first-order chi connectivity index (χ1) is 8.19. The Bertz CT molecular complexity index is 283. The van der Waals surface area contributed by atoms with Crippen molar-refractivity contribution in [2.24, 2.45) is 16.6 Å². The van der Waals surface area contributed by atoms with Crippen LogP contribution in [0, 0.1) is 5.92 Å². The van der Waals surface area contributed by atoms with Gasteiger partial charge in [0, 0.05) is 18.7 Å². The van der Waals surface area contributed by atoms with Gasteiger partial charge in [-0.05, 0) is 44.6 Å². The molecule has 0 aromatic rings. The standard InChI is InChI=1S/C12H22BN3O/c1-10(9-14)12(15-5-8-17-2)11-3-6-16(13)7-4-11/h9,11H,3-8,14H2,1-2H3. The third-order valence-electron chi connectivity index (χ3n) is 3.15. The van der Waals surface area contributed by atoms with Gasteiger partial charge in [-0.15, -0.1) is 0 Å². The van der Waals surface area contributed by atoms with E-state index in [9.17, 15) is 0 Å². The Hall–Kier alpha value is -0.805. The van der Waals surface area contributed by atoms with E-state index in [1.807, 2.05) is 11.7 Å². The summed E-state index contributed by atoms with van der Waals surface area (Å²) in [6.45, 7) is 5.20. The Kier molecular flexibility index (Phi) is 6.30. The maximum Gasteiger partial charge on any atom is 0.182 e. The summed E-state index contributed by atoms with van der Waals surface area (Å²) < 4.78 is 5.02. The molecule has 1 aliphatic rings. The molecule has 1 rings (SSSR count). The fourth-order valence-electron chi connectivity index (χ4n) is 2.09. The van der Waals surface area contributed by atoms with Crippen LogP contribution >= 0.6 is 0 Å². The van der Waals surface area contributed by atoms with Gasteiger partial charge in [-0.1, -0.05) is 0 Å². The van der Waals surface area contributed by atoms with Gasteiger partial charge in [-0.2, -0.15) is 0 Å².